The molecule has 2 aliphatic rings. The second-order valence-corrected chi connectivity index (χ2v) is 7.93. The van der Waals surface area contributed by atoms with Gasteiger partial charge in [-0.05, 0) is 37.7 Å². The number of nitrogens with zero attached hydrogens (tertiary/aromatic N) is 2. The Morgan fingerprint density at radius 2 is 2.20 bits per heavy atom. The summed E-state index contributed by atoms with van der Waals surface area (Å²) in [5, 5.41) is 15.2. The molecular formula is C15H21N2O7P. The predicted octanol–water partition coefficient (Wildman–Crippen LogP) is 0.999. The van der Waals surface area contributed by atoms with E-state index in [1.165, 1.54) is 11.6 Å². The number of Topliss-reactive ketones (excluding diaryl/α,β-unsaturated/α-hetero) is 1. The maximum Gasteiger partial charge on any atom is 0.524 e. The first-order chi connectivity index (χ1) is 11.6. The molecule has 1 fully saturated rings. The van der Waals surface area contributed by atoms with Crippen LogP contribution >= 0.6 is 7.82 Å². The van der Waals surface area contributed by atoms with Crippen LogP contribution in [0.5, 0.6) is 5.88 Å². The Morgan fingerprint density at radius 1 is 1.48 bits per heavy atom. The summed E-state index contributed by atoms with van der Waals surface area (Å²) in [7, 11) is -2.86. The van der Waals surface area contributed by atoms with Crippen LogP contribution in [0.2, 0.25) is 0 Å². The van der Waals surface area contributed by atoms with E-state index in [9.17, 15) is 14.5 Å². The largest absolute Gasteiger partial charge is 0.524 e. The van der Waals surface area contributed by atoms with E-state index in [4.69, 9.17) is 14.5 Å². The number of hydrogen-bond donors (Lipinski definition) is 3. The molecule has 0 aliphatic heterocycles. The Morgan fingerprint density at radius 3 is 2.80 bits per heavy atom. The fourth-order valence-corrected chi connectivity index (χ4v) is 4.20. The molecule has 1 aromatic heterocycles. The molecule has 138 valence electrons. The smallest absolute Gasteiger partial charge is 0.469 e. The highest BCUT2D eigenvalue weighted by Crippen LogP contribution is 2.54. The van der Waals surface area contributed by atoms with Gasteiger partial charge in [-0.1, -0.05) is 0 Å². The number of ether oxygens (including phenoxy) is 1. The van der Waals surface area contributed by atoms with Crippen molar-refractivity contribution in [3.8, 4) is 5.88 Å². The third-order valence-electron chi connectivity index (χ3n) is 4.64. The van der Waals surface area contributed by atoms with Gasteiger partial charge in [-0.3, -0.25) is 19.3 Å². The molecule has 25 heavy (non-hydrogen) atoms. The van der Waals surface area contributed by atoms with Crippen LogP contribution in [0.1, 0.15) is 31.9 Å². The molecule has 1 heterocycles. The molecule has 3 N–H and O–H groups in total. The van der Waals surface area contributed by atoms with Gasteiger partial charge in [0.2, 0.25) is 5.88 Å². The second-order valence-electron chi connectivity index (χ2n) is 6.76. The van der Waals surface area contributed by atoms with Gasteiger partial charge in [0, 0.05) is 19.5 Å². The molecule has 0 amide bonds. The fraction of sp³-hybridized carbons (Fsp3) is 0.600. The van der Waals surface area contributed by atoms with E-state index in [0.717, 1.165) is 0 Å². The van der Waals surface area contributed by atoms with E-state index in [1.54, 1.807) is 19.2 Å². The molecule has 3 rings (SSSR count). The molecule has 0 radical (unpaired) electrons. The molecule has 0 aromatic carbocycles. The Kier molecular flexibility index (Phi) is 4.53. The number of aliphatic hydroxyl groups is 1. The number of phosphoric ester groups is 1. The van der Waals surface area contributed by atoms with Crippen molar-refractivity contribution in [3.63, 3.8) is 0 Å². The number of phosphoric acid groups is 1. The summed E-state index contributed by atoms with van der Waals surface area (Å²) in [4.78, 5) is 28.8. The lowest BCUT2D eigenvalue weighted by Gasteiger charge is -2.23. The molecular weight excluding hydrogens is 351 g/mol. The van der Waals surface area contributed by atoms with Crippen LogP contribution in [-0.4, -0.2) is 37.1 Å². The van der Waals surface area contributed by atoms with Gasteiger partial charge in [0.25, 0.3) is 0 Å². The average molecular weight is 372 g/mol. The lowest BCUT2D eigenvalue weighted by atomic mass is 9.95. The van der Waals surface area contributed by atoms with Gasteiger partial charge in [0.1, 0.15) is 18.0 Å². The van der Waals surface area contributed by atoms with Crippen LogP contribution in [0.25, 0.3) is 0 Å². The summed E-state index contributed by atoms with van der Waals surface area (Å²) >= 11 is 0. The lowest BCUT2D eigenvalue weighted by molar-refractivity contribution is -0.119. The standard InChI is InChI=1S/C15H21N2O7P/c1-9(18)8-23-14-5-13(17(2)16-14)15(19)6-10-3-12(4-11(10)7-15)24-25(20,21)22/h3,5,10-11,19H,4,6-8H2,1-2H3,(H2,20,21,22)/t10?,11?,15-/m1/s1. The topological polar surface area (TPSA) is 131 Å². The Hall–Kier alpha value is -1.67. The van der Waals surface area contributed by atoms with E-state index in [-0.39, 0.29) is 35.9 Å². The molecule has 9 nitrogen and oxygen atoms in total. The SMILES string of the molecule is CC(=O)COc1cc([C@@]2(O)CC3C=C(OP(=O)(O)O)CC3C2)n(C)n1. The van der Waals surface area contributed by atoms with Crippen molar-refractivity contribution in [1.29, 1.82) is 0 Å². The van der Waals surface area contributed by atoms with Crippen molar-refractivity contribution in [3.05, 3.63) is 23.6 Å². The minimum atomic E-state index is -4.55. The maximum atomic E-state index is 11.1. The van der Waals surface area contributed by atoms with E-state index < -0.39 is 13.4 Å². The van der Waals surface area contributed by atoms with E-state index in [2.05, 4.69) is 9.62 Å². The Bertz CT molecular complexity index is 768. The first-order valence-electron chi connectivity index (χ1n) is 7.91. The summed E-state index contributed by atoms with van der Waals surface area (Å²) in [6.07, 6.45) is 2.89. The quantitative estimate of drug-likeness (QED) is 0.630. The highest BCUT2D eigenvalue weighted by atomic mass is 31.2. The van der Waals surface area contributed by atoms with Crippen LogP contribution < -0.4 is 4.74 Å². The first kappa shape index (κ1) is 18.1. The monoisotopic (exact) mass is 372 g/mol. The number of aryl methyl sites for hydroxylation is 1. The predicted molar refractivity (Wildman–Crippen MR) is 85.3 cm³/mol. The zero-order chi connectivity index (χ0) is 18.4. The molecule has 2 unspecified atom stereocenters. The number of allylic oxidation sites excluding steroid dienone is 2. The van der Waals surface area contributed by atoms with Gasteiger partial charge >= 0.3 is 7.82 Å². The van der Waals surface area contributed by atoms with Crippen molar-refractivity contribution in [2.75, 3.05) is 6.61 Å². The van der Waals surface area contributed by atoms with Crippen molar-refractivity contribution in [2.24, 2.45) is 18.9 Å². The molecule has 1 aromatic rings. The average Bonchev–Trinajstić information content (AvgIpc) is 3.06. The van der Waals surface area contributed by atoms with Gasteiger partial charge in [-0.2, -0.15) is 0 Å². The van der Waals surface area contributed by atoms with Crippen LogP contribution in [0.4, 0.5) is 0 Å². The summed E-state index contributed by atoms with van der Waals surface area (Å²) in [5.41, 5.74) is -0.523. The number of hydrogen-bond acceptors (Lipinski definition) is 6. The van der Waals surface area contributed by atoms with Gasteiger partial charge in [0.05, 0.1) is 5.69 Å². The molecule has 10 heteroatoms. The van der Waals surface area contributed by atoms with Crippen LogP contribution in [0.15, 0.2) is 17.9 Å². The number of carbonyl (C=O) groups is 1. The normalized spacial score (nSPS) is 28.6. The lowest BCUT2D eigenvalue weighted by Crippen LogP contribution is -2.25. The molecule has 0 saturated heterocycles. The van der Waals surface area contributed by atoms with Gasteiger partial charge in [-0.25, -0.2) is 4.57 Å². The van der Waals surface area contributed by atoms with Gasteiger partial charge < -0.3 is 14.4 Å². The number of rotatable bonds is 6. The first-order valence-corrected chi connectivity index (χ1v) is 9.44. The third kappa shape index (κ3) is 3.95. The van der Waals surface area contributed by atoms with Crippen molar-refractivity contribution in [2.45, 2.75) is 31.8 Å². The van der Waals surface area contributed by atoms with Gasteiger partial charge in [0.15, 0.2) is 5.78 Å². The van der Waals surface area contributed by atoms with E-state index >= 15 is 0 Å². The second kappa shape index (κ2) is 6.25. The summed E-state index contributed by atoms with van der Waals surface area (Å²) < 4.78 is 22.4. The summed E-state index contributed by atoms with van der Waals surface area (Å²) in [6.45, 7) is 1.34. The molecule has 1 saturated carbocycles. The number of aromatic nitrogens is 2. The number of fused-ring (bicyclic) bond motifs is 1. The molecule has 0 bridgehead atoms. The van der Waals surface area contributed by atoms with E-state index in [1.807, 2.05) is 0 Å². The molecule has 2 aliphatic carbocycles. The zero-order valence-electron chi connectivity index (χ0n) is 14.0. The van der Waals surface area contributed by atoms with Crippen LogP contribution in [0.3, 0.4) is 0 Å². The Labute approximate surface area is 144 Å². The fourth-order valence-electron chi connectivity index (χ4n) is 3.76. The van der Waals surface area contributed by atoms with Crippen LogP contribution in [-0.2, 0) is 26.5 Å². The highest BCUT2D eigenvalue weighted by Gasteiger charge is 2.49. The summed E-state index contributed by atoms with van der Waals surface area (Å²) in [5.74, 6) is 0.454. The maximum absolute atomic E-state index is 11.1. The minimum absolute atomic E-state index is 0.0250. The molecule has 3 atom stereocenters. The highest BCUT2D eigenvalue weighted by molar-refractivity contribution is 7.46. The molecule has 0 spiro atoms. The Balaban J connectivity index is 1.73. The number of ketones is 1. The minimum Gasteiger partial charge on any atom is -0.469 e. The van der Waals surface area contributed by atoms with Crippen LogP contribution in [0, 0.1) is 11.8 Å². The van der Waals surface area contributed by atoms with Crippen molar-refractivity contribution < 1.29 is 33.5 Å². The van der Waals surface area contributed by atoms with Crippen molar-refractivity contribution in [1.82, 2.24) is 9.78 Å². The zero-order valence-corrected chi connectivity index (χ0v) is 14.8. The number of carbonyl (C=O) groups excluding carboxylic acids is 1. The summed E-state index contributed by atoms with van der Waals surface area (Å²) in [6, 6.07) is 1.63. The van der Waals surface area contributed by atoms with E-state index in [0.29, 0.717) is 25.0 Å². The van der Waals surface area contributed by atoms with Crippen molar-refractivity contribution >= 4 is 13.6 Å². The van der Waals surface area contributed by atoms with Gasteiger partial charge in [-0.15, -0.1) is 5.10 Å². The third-order valence-corrected chi connectivity index (χ3v) is 5.11.